The third-order valence-corrected chi connectivity index (χ3v) is 4.47. The zero-order valence-electron chi connectivity index (χ0n) is 13.4. The van der Waals surface area contributed by atoms with Gasteiger partial charge in [-0.15, -0.1) is 0 Å². The number of carbonyl (C=O) groups excluding carboxylic acids is 2. The average molecular weight is 313 g/mol. The van der Waals surface area contributed by atoms with Gasteiger partial charge in [0.25, 0.3) is 0 Å². The van der Waals surface area contributed by atoms with E-state index in [-0.39, 0.29) is 11.7 Å². The topological polar surface area (TPSA) is 68.4 Å². The first-order valence-corrected chi connectivity index (χ1v) is 7.52. The van der Waals surface area contributed by atoms with E-state index >= 15 is 0 Å². The minimum Gasteiger partial charge on any atom is -0.497 e. The van der Waals surface area contributed by atoms with Gasteiger partial charge in [-0.2, -0.15) is 0 Å². The highest BCUT2D eigenvalue weighted by Crippen LogP contribution is 2.35. The van der Waals surface area contributed by atoms with Crippen LogP contribution < -0.4 is 4.74 Å². The Labute approximate surface area is 134 Å². The van der Waals surface area contributed by atoms with Crippen molar-refractivity contribution in [1.82, 2.24) is 4.98 Å². The molecule has 1 N–H and O–H groups in total. The van der Waals surface area contributed by atoms with E-state index in [1.54, 1.807) is 14.0 Å². The molecule has 0 radical (unpaired) electrons. The summed E-state index contributed by atoms with van der Waals surface area (Å²) >= 11 is 0. The second-order valence-electron chi connectivity index (χ2n) is 5.77. The summed E-state index contributed by atoms with van der Waals surface area (Å²) in [5.41, 5.74) is 3.62. The molecule has 1 aliphatic carbocycles. The second-order valence-corrected chi connectivity index (χ2v) is 5.77. The summed E-state index contributed by atoms with van der Waals surface area (Å²) in [7, 11) is 2.96. The number of carbonyl (C=O) groups is 2. The summed E-state index contributed by atoms with van der Waals surface area (Å²) in [6.07, 6.45) is 1.14. The van der Waals surface area contributed by atoms with Crippen molar-refractivity contribution < 1.29 is 19.1 Å². The van der Waals surface area contributed by atoms with Crippen LogP contribution in [0.4, 0.5) is 0 Å². The van der Waals surface area contributed by atoms with Gasteiger partial charge in [-0.3, -0.25) is 4.79 Å². The monoisotopic (exact) mass is 313 g/mol. The van der Waals surface area contributed by atoms with Gasteiger partial charge >= 0.3 is 5.97 Å². The van der Waals surface area contributed by atoms with Gasteiger partial charge in [0, 0.05) is 17.7 Å². The van der Waals surface area contributed by atoms with E-state index < -0.39 is 5.97 Å². The van der Waals surface area contributed by atoms with Gasteiger partial charge < -0.3 is 14.5 Å². The molecule has 0 unspecified atom stereocenters. The SMILES string of the molecule is COC(=O)c1[nH]c2c(c1C)C(=O)C[C@H](c1ccc(OC)cc1)C2. The van der Waals surface area contributed by atoms with Crippen molar-refractivity contribution in [3.8, 4) is 5.75 Å². The Balaban J connectivity index is 1.93. The van der Waals surface area contributed by atoms with Crippen LogP contribution in [0.2, 0.25) is 0 Å². The molecular weight excluding hydrogens is 294 g/mol. The largest absolute Gasteiger partial charge is 0.497 e. The fraction of sp³-hybridized carbons (Fsp3) is 0.333. The summed E-state index contributed by atoms with van der Waals surface area (Å²) in [4.78, 5) is 27.4. The molecule has 1 aliphatic rings. The standard InChI is InChI=1S/C18H19NO4/c1-10-16-14(19-17(10)18(21)23-3)8-12(9-15(16)20)11-4-6-13(22-2)7-5-11/h4-7,12,19H,8-9H2,1-3H3/t12-/m1/s1. The molecule has 120 valence electrons. The Morgan fingerprint density at radius 1 is 1.17 bits per heavy atom. The Morgan fingerprint density at radius 2 is 1.87 bits per heavy atom. The number of hydrogen-bond acceptors (Lipinski definition) is 4. The van der Waals surface area contributed by atoms with Crippen molar-refractivity contribution in [2.45, 2.75) is 25.7 Å². The molecule has 0 fully saturated rings. The van der Waals surface area contributed by atoms with E-state index in [0.717, 1.165) is 17.0 Å². The highest BCUT2D eigenvalue weighted by molar-refractivity contribution is 6.03. The number of hydrogen-bond donors (Lipinski definition) is 1. The molecule has 3 rings (SSSR count). The summed E-state index contributed by atoms with van der Waals surface area (Å²) in [6, 6.07) is 7.77. The van der Waals surface area contributed by atoms with Crippen LogP contribution in [0.15, 0.2) is 24.3 Å². The Hall–Kier alpha value is -2.56. The van der Waals surface area contributed by atoms with Crippen molar-refractivity contribution in [3.05, 3.63) is 52.3 Å². The lowest BCUT2D eigenvalue weighted by molar-refractivity contribution is 0.0593. The Bertz CT molecular complexity index is 758. The van der Waals surface area contributed by atoms with Gasteiger partial charge in [0.2, 0.25) is 0 Å². The van der Waals surface area contributed by atoms with Gasteiger partial charge in [-0.05, 0) is 42.5 Å². The van der Waals surface area contributed by atoms with Gasteiger partial charge in [0.05, 0.1) is 14.2 Å². The molecular formula is C18H19NO4. The van der Waals surface area contributed by atoms with E-state index in [4.69, 9.17) is 9.47 Å². The molecule has 5 nitrogen and oxygen atoms in total. The van der Waals surface area contributed by atoms with E-state index in [1.165, 1.54) is 7.11 Å². The number of Topliss-reactive ketones (excluding diaryl/α,β-unsaturated/α-hetero) is 1. The van der Waals surface area contributed by atoms with E-state index in [9.17, 15) is 9.59 Å². The molecule has 1 aromatic carbocycles. The first-order valence-electron chi connectivity index (χ1n) is 7.52. The maximum Gasteiger partial charge on any atom is 0.354 e. The van der Waals surface area contributed by atoms with Crippen LogP contribution in [0.3, 0.4) is 0 Å². The predicted octanol–water partition coefficient (Wildman–Crippen LogP) is 3.03. The number of benzene rings is 1. The van der Waals surface area contributed by atoms with Crippen LogP contribution in [0.25, 0.3) is 0 Å². The summed E-state index contributed by atoms with van der Waals surface area (Å²) in [5, 5.41) is 0. The highest BCUT2D eigenvalue weighted by Gasteiger charge is 2.32. The first kappa shape index (κ1) is 15.3. The quantitative estimate of drug-likeness (QED) is 0.884. The normalized spacial score (nSPS) is 16.8. The van der Waals surface area contributed by atoms with Gasteiger partial charge in [0.15, 0.2) is 5.78 Å². The van der Waals surface area contributed by atoms with Gasteiger partial charge in [-0.1, -0.05) is 12.1 Å². The lowest BCUT2D eigenvalue weighted by Gasteiger charge is -2.22. The zero-order chi connectivity index (χ0) is 16.6. The molecule has 1 heterocycles. The summed E-state index contributed by atoms with van der Waals surface area (Å²) in [6.45, 7) is 1.78. The molecule has 23 heavy (non-hydrogen) atoms. The van der Waals surface area contributed by atoms with Gasteiger partial charge in [-0.25, -0.2) is 4.79 Å². The number of ketones is 1. The highest BCUT2D eigenvalue weighted by atomic mass is 16.5. The van der Waals surface area contributed by atoms with Gasteiger partial charge in [0.1, 0.15) is 11.4 Å². The Kier molecular flexibility index (Phi) is 3.94. The predicted molar refractivity (Wildman–Crippen MR) is 85.3 cm³/mol. The first-order chi connectivity index (χ1) is 11.0. The van der Waals surface area contributed by atoms with E-state index in [1.807, 2.05) is 24.3 Å². The Morgan fingerprint density at radius 3 is 2.48 bits per heavy atom. The van der Waals surface area contributed by atoms with Crippen LogP contribution in [0.1, 0.15) is 50.0 Å². The third-order valence-electron chi connectivity index (χ3n) is 4.47. The lowest BCUT2D eigenvalue weighted by Crippen LogP contribution is -2.18. The maximum atomic E-state index is 12.5. The number of fused-ring (bicyclic) bond motifs is 1. The van der Waals surface area contributed by atoms with Crippen molar-refractivity contribution in [1.29, 1.82) is 0 Å². The molecule has 0 saturated heterocycles. The van der Waals surface area contributed by atoms with E-state index in [2.05, 4.69) is 4.98 Å². The molecule has 2 aromatic rings. The van der Waals surface area contributed by atoms with Crippen LogP contribution in [-0.4, -0.2) is 31.0 Å². The number of aromatic amines is 1. The van der Waals surface area contributed by atoms with Crippen molar-refractivity contribution in [3.63, 3.8) is 0 Å². The number of methoxy groups -OCH3 is 2. The van der Waals surface area contributed by atoms with Crippen molar-refractivity contribution in [2.75, 3.05) is 14.2 Å². The molecule has 5 heteroatoms. The van der Waals surface area contributed by atoms with Crippen LogP contribution in [-0.2, 0) is 11.2 Å². The maximum absolute atomic E-state index is 12.5. The lowest BCUT2D eigenvalue weighted by atomic mass is 9.81. The number of esters is 1. The molecule has 0 bridgehead atoms. The molecule has 0 aliphatic heterocycles. The van der Waals surface area contributed by atoms with Crippen LogP contribution in [0, 0.1) is 6.92 Å². The van der Waals surface area contributed by atoms with Crippen molar-refractivity contribution in [2.24, 2.45) is 0 Å². The van der Waals surface area contributed by atoms with Crippen molar-refractivity contribution >= 4 is 11.8 Å². The fourth-order valence-corrected chi connectivity index (χ4v) is 3.25. The molecule has 1 aromatic heterocycles. The fourth-order valence-electron chi connectivity index (χ4n) is 3.25. The minimum absolute atomic E-state index is 0.0657. The average Bonchev–Trinajstić information content (AvgIpc) is 2.91. The van der Waals surface area contributed by atoms with Crippen LogP contribution in [0.5, 0.6) is 5.75 Å². The number of ether oxygens (including phenoxy) is 2. The minimum atomic E-state index is -0.439. The smallest absolute Gasteiger partial charge is 0.354 e. The number of rotatable bonds is 3. The molecule has 0 saturated carbocycles. The number of nitrogens with one attached hydrogen (secondary N) is 1. The molecule has 0 amide bonds. The van der Waals surface area contributed by atoms with E-state index in [0.29, 0.717) is 29.7 Å². The summed E-state index contributed by atoms with van der Waals surface area (Å²) in [5.74, 6) is 0.520. The van der Waals surface area contributed by atoms with Crippen LogP contribution >= 0.6 is 0 Å². The zero-order valence-corrected chi connectivity index (χ0v) is 13.4. The summed E-state index contributed by atoms with van der Waals surface area (Å²) < 4.78 is 9.94. The third kappa shape index (κ3) is 2.63. The number of aromatic nitrogens is 1. The number of H-pyrrole nitrogens is 1. The molecule has 1 atom stereocenters. The molecule has 0 spiro atoms. The second kappa shape index (κ2) is 5.91.